The van der Waals surface area contributed by atoms with Gasteiger partial charge in [0.1, 0.15) is 11.4 Å². The summed E-state index contributed by atoms with van der Waals surface area (Å²) in [6.45, 7) is 0. The monoisotopic (exact) mass is 296 g/mol. The van der Waals surface area contributed by atoms with E-state index in [1.54, 1.807) is 6.07 Å². The lowest BCUT2D eigenvalue weighted by Crippen LogP contribution is -2.53. The Balaban J connectivity index is 1.59. The maximum atomic E-state index is 12.8. The van der Waals surface area contributed by atoms with Gasteiger partial charge in [-0.25, -0.2) is 0 Å². The second-order valence-electron chi connectivity index (χ2n) is 7.23. The van der Waals surface area contributed by atoms with Crippen molar-refractivity contribution in [2.24, 2.45) is 17.8 Å². The molecule has 4 saturated carbocycles. The standard InChI is InChI=1S/C17H19F3O/c18-17(19,20)14-2-1-3-15(7-14)21-16-8-11-4-12(9-16)6-13(5-11)10-16/h1-3,7,11-13H,4-6,8-10H2. The quantitative estimate of drug-likeness (QED) is 0.742. The molecule has 1 nitrogen and oxygen atoms in total. The highest BCUT2D eigenvalue weighted by Crippen LogP contribution is 2.57. The summed E-state index contributed by atoms with van der Waals surface area (Å²) in [7, 11) is 0. The van der Waals surface area contributed by atoms with Crippen LogP contribution in [0.15, 0.2) is 24.3 Å². The fourth-order valence-electron chi connectivity index (χ4n) is 5.14. The molecule has 1 aromatic rings. The van der Waals surface area contributed by atoms with Crippen molar-refractivity contribution < 1.29 is 17.9 Å². The number of rotatable bonds is 2. The molecule has 5 rings (SSSR count). The zero-order valence-corrected chi connectivity index (χ0v) is 11.8. The van der Waals surface area contributed by atoms with Crippen molar-refractivity contribution in [1.29, 1.82) is 0 Å². The largest absolute Gasteiger partial charge is 0.487 e. The average molecular weight is 296 g/mol. The summed E-state index contributed by atoms with van der Waals surface area (Å²) in [6.07, 6.45) is 2.65. The Hall–Kier alpha value is -1.19. The highest BCUT2D eigenvalue weighted by molar-refractivity contribution is 5.31. The third-order valence-corrected chi connectivity index (χ3v) is 5.48. The fraction of sp³-hybridized carbons (Fsp3) is 0.647. The first-order chi connectivity index (χ1) is 9.92. The van der Waals surface area contributed by atoms with Gasteiger partial charge >= 0.3 is 6.18 Å². The van der Waals surface area contributed by atoms with Crippen LogP contribution in [0.5, 0.6) is 5.75 Å². The smallest absolute Gasteiger partial charge is 0.416 e. The molecule has 0 atom stereocenters. The van der Waals surface area contributed by atoms with E-state index in [0.29, 0.717) is 5.75 Å². The van der Waals surface area contributed by atoms with Gasteiger partial charge in [0, 0.05) is 0 Å². The molecule has 0 spiro atoms. The van der Waals surface area contributed by atoms with Crippen LogP contribution in [0, 0.1) is 17.8 Å². The van der Waals surface area contributed by atoms with Gasteiger partial charge in [-0.1, -0.05) is 6.07 Å². The fourth-order valence-corrected chi connectivity index (χ4v) is 5.14. The van der Waals surface area contributed by atoms with Crippen molar-refractivity contribution >= 4 is 0 Å². The average Bonchev–Trinajstić information content (AvgIpc) is 2.35. The van der Waals surface area contributed by atoms with Crippen molar-refractivity contribution in [3.05, 3.63) is 29.8 Å². The normalized spacial score (nSPS) is 37.8. The van der Waals surface area contributed by atoms with Crippen LogP contribution in [0.1, 0.15) is 44.1 Å². The van der Waals surface area contributed by atoms with Crippen LogP contribution in [0.25, 0.3) is 0 Å². The van der Waals surface area contributed by atoms with Crippen molar-refractivity contribution in [3.63, 3.8) is 0 Å². The van der Waals surface area contributed by atoms with Gasteiger partial charge in [-0.2, -0.15) is 13.2 Å². The first kappa shape index (κ1) is 13.5. The van der Waals surface area contributed by atoms with E-state index in [0.717, 1.165) is 49.1 Å². The molecule has 4 heteroatoms. The summed E-state index contributed by atoms with van der Waals surface area (Å²) >= 11 is 0. The summed E-state index contributed by atoms with van der Waals surface area (Å²) in [5, 5.41) is 0. The van der Waals surface area contributed by atoms with E-state index in [1.807, 2.05) is 0 Å². The minimum atomic E-state index is -4.30. The lowest BCUT2D eigenvalue weighted by atomic mass is 9.54. The van der Waals surface area contributed by atoms with Gasteiger partial charge in [0.15, 0.2) is 0 Å². The lowest BCUT2D eigenvalue weighted by molar-refractivity contribution is -0.138. The highest BCUT2D eigenvalue weighted by atomic mass is 19.4. The number of hydrogen-bond acceptors (Lipinski definition) is 1. The van der Waals surface area contributed by atoms with Crippen LogP contribution < -0.4 is 4.74 Å². The molecule has 4 bridgehead atoms. The van der Waals surface area contributed by atoms with E-state index >= 15 is 0 Å². The van der Waals surface area contributed by atoms with Crippen LogP contribution >= 0.6 is 0 Å². The molecule has 0 heterocycles. The lowest BCUT2D eigenvalue weighted by Gasteiger charge is -2.56. The van der Waals surface area contributed by atoms with Crippen molar-refractivity contribution in [1.82, 2.24) is 0 Å². The first-order valence-electron chi connectivity index (χ1n) is 7.78. The number of halogens is 3. The molecule has 0 radical (unpaired) electrons. The van der Waals surface area contributed by atoms with Crippen LogP contribution in [0.3, 0.4) is 0 Å². The van der Waals surface area contributed by atoms with E-state index in [2.05, 4.69) is 0 Å². The van der Waals surface area contributed by atoms with E-state index in [-0.39, 0.29) is 5.60 Å². The van der Waals surface area contributed by atoms with E-state index in [1.165, 1.54) is 25.3 Å². The number of benzene rings is 1. The Bertz CT molecular complexity index is 514. The number of alkyl halides is 3. The molecule has 114 valence electrons. The predicted octanol–water partition coefficient (Wildman–Crippen LogP) is 5.05. The molecular formula is C17H19F3O. The zero-order chi connectivity index (χ0) is 14.7. The topological polar surface area (TPSA) is 9.23 Å². The van der Waals surface area contributed by atoms with Crippen LogP contribution in [-0.2, 0) is 6.18 Å². The van der Waals surface area contributed by atoms with Gasteiger partial charge in [-0.05, 0) is 74.5 Å². The SMILES string of the molecule is FC(F)(F)c1cccc(OC23CC4CC(CC(C4)C2)C3)c1. The number of hydrogen-bond donors (Lipinski definition) is 0. The maximum absolute atomic E-state index is 12.8. The summed E-state index contributed by atoms with van der Waals surface area (Å²) in [5.41, 5.74) is -0.816. The van der Waals surface area contributed by atoms with Gasteiger partial charge in [-0.3, -0.25) is 0 Å². The predicted molar refractivity (Wildman–Crippen MR) is 73.0 cm³/mol. The Morgan fingerprint density at radius 3 is 2.05 bits per heavy atom. The molecule has 4 fully saturated rings. The number of ether oxygens (including phenoxy) is 1. The molecule has 21 heavy (non-hydrogen) atoms. The molecule has 0 aliphatic heterocycles. The summed E-state index contributed by atoms with van der Waals surface area (Å²) in [6, 6.07) is 5.36. The van der Waals surface area contributed by atoms with Crippen LogP contribution in [0.2, 0.25) is 0 Å². The summed E-state index contributed by atoms with van der Waals surface area (Å²) < 4.78 is 44.6. The second-order valence-corrected chi connectivity index (χ2v) is 7.23. The van der Waals surface area contributed by atoms with Gasteiger partial charge in [0.05, 0.1) is 5.56 Å². The minimum absolute atomic E-state index is 0.195. The summed E-state index contributed by atoms with van der Waals surface area (Å²) in [5.74, 6) is 2.55. The third-order valence-electron chi connectivity index (χ3n) is 5.48. The van der Waals surface area contributed by atoms with Gasteiger partial charge in [0.2, 0.25) is 0 Å². The molecule has 4 aliphatic carbocycles. The Kier molecular flexibility index (Phi) is 2.82. The third kappa shape index (κ3) is 2.43. The molecule has 1 aromatic carbocycles. The first-order valence-corrected chi connectivity index (χ1v) is 7.78. The molecule has 0 unspecified atom stereocenters. The van der Waals surface area contributed by atoms with Gasteiger partial charge in [-0.15, -0.1) is 0 Å². The Morgan fingerprint density at radius 1 is 0.952 bits per heavy atom. The maximum Gasteiger partial charge on any atom is 0.416 e. The Morgan fingerprint density at radius 2 is 1.52 bits per heavy atom. The zero-order valence-electron chi connectivity index (χ0n) is 11.8. The minimum Gasteiger partial charge on any atom is -0.487 e. The molecular weight excluding hydrogens is 277 g/mol. The summed E-state index contributed by atoms with van der Waals surface area (Å²) in [4.78, 5) is 0. The molecule has 0 saturated heterocycles. The van der Waals surface area contributed by atoms with E-state index in [9.17, 15) is 13.2 Å². The van der Waals surface area contributed by atoms with Gasteiger partial charge < -0.3 is 4.74 Å². The molecule has 0 amide bonds. The highest BCUT2D eigenvalue weighted by Gasteiger charge is 2.52. The molecule has 0 N–H and O–H groups in total. The van der Waals surface area contributed by atoms with E-state index in [4.69, 9.17) is 4.74 Å². The van der Waals surface area contributed by atoms with Crippen molar-refractivity contribution in [2.45, 2.75) is 50.3 Å². The van der Waals surface area contributed by atoms with Crippen LogP contribution in [0.4, 0.5) is 13.2 Å². The van der Waals surface area contributed by atoms with Crippen LogP contribution in [-0.4, -0.2) is 5.60 Å². The van der Waals surface area contributed by atoms with Gasteiger partial charge in [0.25, 0.3) is 0 Å². The molecule has 0 aromatic heterocycles. The van der Waals surface area contributed by atoms with Crippen molar-refractivity contribution in [3.8, 4) is 5.75 Å². The van der Waals surface area contributed by atoms with Crippen molar-refractivity contribution in [2.75, 3.05) is 0 Å². The van der Waals surface area contributed by atoms with E-state index < -0.39 is 11.7 Å². The Labute approximate surface area is 122 Å². The molecule has 4 aliphatic rings. The second kappa shape index (κ2) is 4.40.